The second-order valence-electron chi connectivity index (χ2n) is 11.4. The predicted molar refractivity (Wildman–Crippen MR) is 147 cm³/mol. The van der Waals surface area contributed by atoms with Gasteiger partial charge in [-0.25, -0.2) is 0 Å². The van der Waals surface area contributed by atoms with Gasteiger partial charge in [0.1, 0.15) is 22.8 Å². The molecule has 3 aliphatic carbocycles. The van der Waals surface area contributed by atoms with Crippen molar-refractivity contribution in [3.8, 4) is 5.75 Å². The Bertz CT molecular complexity index is 1330. The first-order valence-electron chi connectivity index (χ1n) is 13.2. The molecule has 0 saturated heterocycles. The van der Waals surface area contributed by atoms with E-state index in [9.17, 15) is 39.9 Å². The molecule has 1 saturated carbocycles. The van der Waals surface area contributed by atoms with Gasteiger partial charge in [-0.15, -0.1) is 0 Å². The van der Waals surface area contributed by atoms with Crippen LogP contribution in [0.25, 0.3) is 5.76 Å². The van der Waals surface area contributed by atoms with Gasteiger partial charge >= 0.3 is 0 Å². The number of aromatic hydroxyl groups is 1. The van der Waals surface area contributed by atoms with Crippen LogP contribution in [-0.2, 0) is 27.3 Å². The molecule has 0 radical (unpaired) electrons. The first-order valence-corrected chi connectivity index (χ1v) is 13.2. The molecule has 12 heteroatoms. The molecule has 0 heterocycles. The summed E-state index contributed by atoms with van der Waals surface area (Å²) < 4.78 is 0. The van der Waals surface area contributed by atoms with Crippen LogP contribution in [0.2, 0.25) is 0 Å². The lowest BCUT2D eigenvalue weighted by Crippen LogP contribution is -2.65. The number of aliphatic hydroxyl groups excluding tert-OH is 3. The fraction of sp³-hybridized carbons (Fsp3) is 0.536. The first kappa shape index (κ1) is 29.5. The van der Waals surface area contributed by atoms with Crippen LogP contribution >= 0.6 is 0 Å². The molecule has 8 N–H and O–H groups in total. The molecule has 0 aromatic heterocycles. The lowest BCUT2D eigenvalue weighted by molar-refractivity contribution is -0.153. The topological polar surface area (TPSA) is 197 Å². The van der Waals surface area contributed by atoms with E-state index in [2.05, 4.69) is 5.32 Å². The summed E-state index contributed by atoms with van der Waals surface area (Å²) in [5.74, 6) is -6.75. The Morgan fingerprint density at radius 1 is 1.20 bits per heavy atom. The van der Waals surface area contributed by atoms with Crippen LogP contribution in [0.3, 0.4) is 0 Å². The van der Waals surface area contributed by atoms with E-state index >= 15 is 0 Å². The van der Waals surface area contributed by atoms with Gasteiger partial charge in [0.05, 0.1) is 11.6 Å². The van der Waals surface area contributed by atoms with Gasteiger partial charge in [-0.05, 0) is 57.8 Å². The zero-order valence-electron chi connectivity index (χ0n) is 23.4. The highest BCUT2D eigenvalue weighted by atomic mass is 16.3. The van der Waals surface area contributed by atoms with Gasteiger partial charge in [0.2, 0.25) is 5.78 Å². The summed E-state index contributed by atoms with van der Waals surface area (Å²) in [7, 11) is 6.75. The van der Waals surface area contributed by atoms with Gasteiger partial charge in [0.15, 0.2) is 11.4 Å². The highest BCUT2D eigenvalue weighted by Gasteiger charge is 2.64. The number of hydrogen-bond donors (Lipinski definition) is 7. The predicted octanol–water partition coefficient (Wildman–Crippen LogP) is -0.109. The molecule has 0 spiro atoms. The molecule has 1 amide bonds. The standard InChI is InChI=1S/C28H38N4O8/c1-12(6-7-33)30-11-14-10-17(31(2)3)15-8-13-9-16-21(32(4)5)24(36)20(27(29)39)26(38)28(16,40)25(37)18(13)23(35)19(15)22(14)34/h10,12-13,16,21,30,33-35,38,40H,6-9,11H2,1-5H3,(H2,29,39)/t12?,13-,16-,21-,28-/m0/s1. The quantitative estimate of drug-likeness (QED) is 0.210. The van der Waals surface area contributed by atoms with E-state index in [-0.39, 0.29) is 48.9 Å². The zero-order chi connectivity index (χ0) is 29.8. The Balaban J connectivity index is 1.91. The van der Waals surface area contributed by atoms with E-state index in [1.54, 1.807) is 20.2 Å². The number of nitrogens with two attached hydrogens (primary N) is 1. The summed E-state index contributed by atoms with van der Waals surface area (Å²) in [5.41, 5.74) is 3.47. The van der Waals surface area contributed by atoms with Crippen LogP contribution in [0.5, 0.6) is 5.75 Å². The van der Waals surface area contributed by atoms with Crippen molar-refractivity contribution >= 4 is 28.9 Å². The number of primary amides is 1. The normalized spacial score (nSPS) is 26.9. The van der Waals surface area contributed by atoms with Gasteiger partial charge in [-0.2, -0.15) is 0 Å². The lowest BCUT2D eigenvalue weighted by atomic mass is 9.57. The molecule has 5 atom stereocenters. The lowest BCUT2D eigenvalue weighted by Gasteiger charge is -2.50. The number of aliphatic hydroxyl groups is 4. The third-order valence-electron chi connectivity index (χ3n) is 8.46. The van der Waals surface area contributed by atoms with Crippen molar-refractivity contribution in [1.29, 1.82) is 0 Å². The van der Waals surface area contributed by atoms with Crippen LogP contribution in [0.4, 0.5) is 5.69 Å². The Kier molecular flexibility index (Phi) is 7.76. The number of fused-ring (bicyclic) bond motifs is 3. The number of phenolic OH excluding ortho intramolecular Hbond substituents is 1. The minimum absolute atomic E-state index is 0.00733. The molecule has 4 rings (SSSR count). The number of nitrogens with zero attached hydrogens (tertiary/aromatic N) is 2. The number of benzene rings is 1. The number of ketones is 2. The number of rotatable bonds is 8. The van der Waals surface area contributed by atoms with Gasteiger partial charge in [-0.1, -0.05) is 0 Å². The highest BCUT2D eigenvalue weighted by Crippen LogP contribution is 2.54. The number of hydrogen-bond acceptors (Lipinski definition) is 11. The van der Waals surface area contributed by atoms with Crippen molar-refractivity contribution < 1.29 is 39.9 Å². The van der Waals surface area contributed by atoms with E-state index in [4.69, 9.17) is 5.73 Å². The highest BCUT2D eigenvalue weighted by molar-refractivity contribution is 6.24. The molecule has 1 aromatic rings. The summed E-state index contributed by atoms with van der Waals surface area (Å²) in [6.07, 6.45) is 0.740. The molecular weight excluding hydrogens is 520 g/mol. The second kappa shape index (κ2) is 10.5. The Morgan fingerprint density at radius 2 is 1.85 bits per heavy atom. The van der Waals surface area contributed by atoms with E-state index in [0.29, 0.717) is 23.2 Å². The molecule has 1 unspecified atom stereocenters. The summed E-state index contributed by atoms with van der Waals surface area (Å²) >= 11 is 0. The van der Waals surface area contributed by atoms with Crippen molar-refractivity contribution in [1.82, 2.24) is 10.2 Å². The molecule has 1 aromatic carbocycles. The van der Waals surface area contributed by atoms with E-state index in [0.717, 1.165) is 0 Å². The minimum Gasteiger partial charge on any atom is -0.508 e. The van der Waals surface area contributed by atoms with Crippen LogP contribution in [-0.4, -0.2) is 100 Å². The number of anilines is 1. The van der Waals surface area contributed by atoms with Crippen LogP contribution < -0.4 is 16.0 Å². The van der Waals surface area contributed by atoms with Crippen molar-refractivity contribution in [3.63, 3.8) is 0 Å². The van der Waals surface area contributed by atoms with Crippen molar-refractivity contribution in [2.75, 3.05) is 39.7 Å². The SMILES string of the molecule is CC(CCO)NCc1cc(N(C)C)c2c(c1O)C(O)=C1C(=O)[C@]3(O)C(O)=C(C(N)=O)C(=O)[C@@H](N(C)C)[C@@H]3C[C@@H]1C2. The molecule has 12 nitrogen and oxygen atoms in total. The average Bonchev–Trinajstić information content (AvgIpc) is 2.85. The Hall–Kier alpha value is -3.45. The number of likely N-dealkylation sites (N-methyl/N-ethyl adjacent to an activating group) is 1. The fourth-order valence-electron chi connectivity index (χ4n) is 6.46. The maximum atomic E-state index is 14.0. The van der Waals surface area contributed by atoms with Crippen molar-refractivity contribution in [2.24, 2.45) is 17.6 Å². The number of carbonyl (C=O) groups excluding carboxylic acids is 3. The third-order valence-corrected chi connectivity index (χ3v) is 8.46. The monoisotopic (exact) mass is 558 g/mol. The summed E-state index contributed by atoms with van der Waals surface area (Å²) in [5, 5.41) is 58.0. The smallest absolute Gasteiger partial charge is 0.255 e. The number of phenols is 1. The van der Waals surface area contributed by atoms with E-state index in [1.165, 1.54) is 4.90 Å². The zero-order valence-corrected chi connectivity index (χ0v) is 23.4. The van der Waals surface area contributed by atoms with Crippen LogP contribution in [0, 0.1) is 11.8 Å². The molecule has 40 heavy (non-hydrogen) atoms. The van der Waals surface area contributed by atoms with Gasteiger partial charge < -0.3 is 41.5 Å². The van der Waals surface area contributed by atoms with Crippen molar-refractivity contribution in [2.45, 2.75) is 50.4 Å². The number of Topliss-reactive ketones (excluding diaryl/α,β-unsaturated/α-hetero) is 2. The summed E-state index contributed by atoms with van der Waals surface area (Å²) in [6, 6.07) is 0.610. The molecule has 218 valence electrons. The maximum absolute atomic E-state index is 14.0. The average molecular weight is 559 g/mol. The molecular formula is C28H38N4O8. The molecule has 0 bridgehead atoms. The van der Waals surface area contributed by atoms with Gasteiger partial charge in [-0.3, -0.25) is 19.3 Å². The summed E-state index contributed by atoms with van der Waals surface area (Å²) in [6.45, 7) is 2.09. The van der Waals surface area contributed by atoms with E-state index in [1.807, 2.05) is 25.9 Å². The number of carbonyl (C=O) groups is 3. The number of nitrogens with one attached hydrogen (secondary N) is 1. The number of amides is 1. The minimum atomic E-state index is -2.68. The van der Waals surface area contributed by atoms with E-state index < -0.39 is 58.0 Å². The first-order chi connectivity index (χ1) is 18.7. The fourth-order valence-corrected chi connectivity index (χ4v) is 6.46. The van der Waals surface area contributed by atoms with Crippen molar-refractivity contribution in [3.05, 3.63) is 39.7 Å². The third kappa shape index (κ3) is 4.35. The maximum Gasteiger partial charge on any atom is 0.255 e. The Labute approximate surface area is 232 Å². The molecule has 1 fully saturated rings. The van der Waals surface area contributed by atoms with Crippen LogP contribution in [0.1, 0.15) is 36.5 Å². The Morgan fingerprint density at radius 3 is 2.40 bits per heavy atom. The van der Waals surface area contributed by atoms with Gasteiger partial charge in [0, 0.05) is 56.0 Å². The largest absolute Gasteiger partial charge is 0.508 e. The van der Waals surface area contributed by atoms with Crippen LogP contribution in [0.15, 0.2) is 23.0 Å². The summed E-state index contributed by atoms with van der Waals surface area (Å²) in [4.78, 5) is 42.7. The second-order valence-corrected chi connectivity index (χ2v) is 11.4. The van der Waals surface area contributed by atoms with Gasteiger partial charge in [0.25, 0.3) is 5.91 Å². The molecule has 0 aliphatic heterocycles. The molecule has 3 aliphatic rings.